The van der Waals surface area contributed by atoms with Gasteiger partial charge in [-0.3, -0.25) is 4.99 Å². The minimum atomic E-state index is -4.41. The number of aliphatic imine (C=N–C) groups is 1. The van der Waals surface area contributed by atoms with Gasteiger partial charge in [0.15, 0.2) is 5.96 Å². The van der Waals surface area contributed by atoms with E-state index in [0.717, 1.165) is 12.0 Å². The number of aromatic nitrogens is 1. The van der Waals surface area contributed by atoms with Crippen LogP contribution in [0, 0.1) is 0 Å². The van der Waals surface area contributed by atoms with Gasteiger partial charge in [-0.25, -0.2) is 4.98 Å². The minimum Gasteiger partial charge on any atom is -0.349 e. The summed E-state index contributed by atoms with van der Waals surface area (Å²) in [6.45, 7) is 0.389. The van der Waals surface area contributed by atoms with Gasteiger partial charge >= 0.3 is 6.18 Å². The molecule has 0 saturated carbocycles. The van der Waals surface area contributed by atoms with E-state index in [1.165, 1.54) is 6.07 Å². The average molecular weight is 288 g/mol. The van der Waals surface area contributed by atoms with E-state index in [-0.39, 0.29) is 0 Å². The van der Waals surface area contributed by atoms with Crippen molar-refractivity contribution in [1.82, 2.24) is 14.8 Å². The Bertz CT molecular complexity index is 457. The van der Waals surface area contributed by atoms with Crippen LogP contribution in [0.3, 0.4) is 0 Å². The van der Waals surface area contributed by atoms with Crippen molar-refractivity contribution < 1.29 is 13.2 Å². The molecule has 20 heavy (non-hydrogen) atoms. The third-order valence-electron chi connectivity index (χ3n) is 2.52. The summed E-state index contributed by atoms with van der Waals surface area (Å²) in [5, 5.41) is 0. The van der Waals surface area contributed by atoms with E-state index in [1.54, 1.807) is 6.07 Å². The summed E-state index contributed by atoms with van der Waals surface area (Å²) in [6.07, 6.45) is -4.03. The van der Waals surface area contributed by atoms with Crippen LogP contribution in [0.15, 0.2) is 23.2 Å². The predicted molar refractivity (Wildman–Crippen MR) is 72.6 cm³/mol. The van der Waals surface area contributed by atoms with Gasteiger partial charge in [0.1, 0.15) is 5.69 Å². The fraction of sp³-hybridized carbons (Fsp3) is 0.538. The molecular weight excluding hydrogens is 269 g/mol. The summed E-state index contributed by atoms with van der Waals surface area (Å²) in [5.41, 5.74) is -0.472. The van der Waals surface area contributed by atoms with Gasteiger partial charge in [0.05, 0.1) is 0 Å². The number of guanidine groups is 1. The molecular formula is C13H19F3N4. The van der Waals surface area contributed by atoms with Crippen molar-refractivity contribution >= 4 is 5.96 Å². The highest BCUT2D eigenvalue weighted by atomic mass is 19.4. The van der Waals surface area contributed by atoms with E-state index in [2.05, 4.69) is 9.98 Å². The lowest BCUT2D eigenvalue weighted by atomic mass is 10.2. The van der Waals surface area contributed by atoms with Gasteiger partial charge in [-0.15, -0.1) is 0 Å². The van der Waals surface area contributed by atoms with Crippen molar-refractivity contribution in [2.75, 3.05) is 34.7 Å². The highest BCUT2D eigenvalue weighted by Crippen LogP contribution is 2.27. The molecule has 0 bridgehead atoms. The van der Waals surface area contributed by atoms with Gasteiger partial charge in [-0.05, 0) is 12.1 Å². The standard InChI is InChI=1S/C13H19F3N4/c1-19(2)12(20(3)4)17-9-8-10-6-5-7-11(18-10)13(14,15)16/h5-7H,8-9H2,1-4H3. The zero-order chi connectivity index (χ0) is 15.3. The summed E-state index contributed by atoms with van der Waals surface area (Å²) in [6, 6.07) is 3.92. The van der Waals surface area contributed by atoms with Gasteiger partial charge in [0.25, 0.3) is 0 Å². The quantitative estimate of drug-likeness (QED) is 0.631. The molecule has 0 fully saturated rings. The molecule has 0 unspecified atom stereocenters. The van der Waals surface area contributed by atoms with Gasteiger partial charge in [-0.2, -0.15) is 13.2 Å². The molecule has 7 heteroatoms. The monoisotopic (exact) mass is 288 g/mol. The highest BCUT2D eigenvalue weighted by molar-refractivity contribution is 5.79. The number of alkyl halides is 3. The van der Waals surface area contributed by atoms with Crippen molar-refractivity contribution in [1.29, 1.82) is 0 Å². The summed E-state index contributed by atoms with van der Waals surface area (Å²) in [7, 11) is 7.45. The Hall–Kier alpha value is -1.79. The summed E-state index contributed by atoms with van der Waals surface area (Å²) in [5.74, 6) is 0.761. The summed E-state index contributed by atoms with van der Waals surface area (Å²) < 4.78 is 37.6. The zero-order valence-corrected chi connectivity index (χ0v) is 12.1. The highest BCUT2D eigenvalue weighted by Gasteiger charge is 2.32. The third-order valence-corrected chi connectivity index (χ3v) is 2.52. The second kappa shape index (κ2) is 6.58. The van der Waals surface area contributed by atoms with Gasteiger partial charge < -0.3 is 9.80 Å². The van der Waals surface area contributed by atoms with Gasteiger partial charge in [0, 0.05) is 46.9 Å². The van der Waals surface area contributed by atoms with E-state index in [9.17, 15) is 13.2 Å². The van der Waals surface area contributed by atoms with Crippen molar-refractivity contribution in [2.24, 2.45) is 4.99 Å². The largest absolute Gasteiger partial charge is 0.433 e. The normalized spacial score (nSPS) is 11.2. The first kappa shape index (κ1) is 16.3. The van der Waals surface area contributed by atoms with E-state index < -0.39 is 11.9 Å². The second-order valence-electron chi connectivity index (χ2n) is 4.73. The molecule has 112 valence electrons. The number of pyridine rings is 1. The van der Waals surface area contributed by atoms with Crippen LogP contribution in [0.2, 0.25) is 0 Å². The van der Waals surface area contributed by atoms with Crippen LogP contribution in [0.25, 0.3) is 0 Å². The van der Waals surface area contributed by atoms with Gasteiger partial charge in [0.2, 0.25) is 0 Å². The Morgan fingerprint density at radius 1 is 1.15 bits per heavy atom. The number of halogens is 3. The number of hydrogen-bond acceptors (Lipinski definition) is 2. The smallest absolute Gasteiger partial charge is 0.349 e. The molecule has 0 radical (unpaired) electrons. The zero-order valence-electron chi connectivity index (χ0n) is 12.1. The molecule has 1 aromatic rings. The van der Waals surface area contributed by atoms with Crippen LogP contribution in [0.4, 0.5) is 13.2 Å². The maximum Gasteiger partial charge on any atom is 0.433 e. The van der Waals surface area contributed by atoms with Crippen LogP contribution < -0.4 is 0 Å². The van der Waals surface area contributed by atoms with Crippen LogP contribution in [0.5, 0.6) is 0 Å². The van der Waals surface area contributed by atoms with Crippen LogP contribution in [-0.2, 0) is 12.6 Å². The molecule has 0 aliphatic carbocycles. The lowest BCUT2D eigenvalue weighted by molar-refractivity contribution is -0.141. The molecule has 0 saturated heterocycles. The fourth-order valence-corrected chi connectivity index (χ4v) is 1.73. The van der Waals surface area contributed by atoms with Crippen molar-refractivity contribution in [3.8, 4) is 0 Å². The molecule has 0 aromatic carbocycles. The first-order valence-corrected chi connectivity index (χ1v) is 6.14. The molecule has 1 aromatic heterocycles. The Morgan fingerprint density at radius 3 is 2.25 bits per heavy atom. The minimum absolute atomic E-state index is 0.370. The lowest BCUT2D eigenvalue weighted by Crippen LogP contribution is -2.35. The predicted octanol–water partition coefficient (Wildman–Crippen LogP) is 2.12. The molecule has 4 nitrogen and oxygen atoms in total. The van der Waals surface area contributed by atoms with E-state index in [1.807, 2.05) is 38.0 Å². The molecule has 1 rings (SSSR count). The van der Waals surface area contributed by atoms with E-state index in [0.29, 0.717) is 18.7 Å². The summed E-state index contributed by atoms with van der Waals surface area (Å²) >= 11 is 0. The van der Waals surface area contributed by atoms with E-state index in [4.69, 9.17) is 0 Å². The topological polar surface area (TPSA) is 31.7 Å². The summed E-state index contributed by atoms with van der Waals surface area (Å²) in [4.78, 5) is 11.7. The van der Waals surface area contributed by atoms with Crippen molar-refractivity contribution in [3.63, 3.8) is 0 Å². The van der Waals surface area contributed by atoms with Crippen LogP contribution >= 0.6 is 0 Å². The number of nitrogens with zero attached hydrogens (tertiary/aromatic N) is 4. The molecule has 0 spiro atoms. The Kier molecular flexibility index (Phi) is 5.35. The van der Waals surface area contributed by atoms with E-state index >= 15 is 0 Å². The van der Waals surface area contributed by atoms with Crippen molar-refractivity contribution in [3.05, 3.63) is 29.6 Å². The third kappa shape index (κ3) is 4.71. The maximum absolute atomic E-state index is 12.5. The molecule has 0 aliphatic rings. The Morgan fingerprint density at radius 2 is 1.75 bits per heavy atom. The SMILES string of the molecule is CN(C)C(=NCCc1cccc(C(F)(F)F)n1)N(C)C. The Balaban J connectivity index is 2.73. The van der Waals surface area contributed by atoms with Crippen LogP contribution in [0.1, 0.15) is 11.4 Å². The number of hydrogen-bond donors (Lipinski definition) is 0. The first-order chi connectivity index (χ1) is 9.21. The fourth-order valence-electron chi connectivity index (χ4n) is 1.73. The lowest BCUT2D eigenvalue weighted by Gasteiger charge is -2.22. The van der Waals surface area contributed by atoms with Crippen molar-refractivity contribution in [2.45, 2.75) is 12.6 Å². The molecule has 1 heterocycles. The Labute approximate surface area is 116 Å². The van der Waals surface area contributed by atoms with Gasteiger partial charge in [-0.1, -0.05) is 6.07 Å². The first-order valence-electron chi connectivity index (χ1n) is 6.14. The molecule has 0 atom stereocenters. The number of rotatable bonds is 3. The maximum atomic E-state index is 12.5. The second-order valence-corrected chi connectivity index (χ2v) is 4.73. The average Bonchev–Trinajstić information content (AvgIpc) is 2.33. The molecule has 0 N–H and O–H groups in total. The molecule has 0 amide bonds. The van der Waals surface area contributed by atoms with Crippen LogP contribution in [-0.4, -0.2) is 55.5 Å². The molecule has 0 aliphatic heterocycles.